The van der Waals surface area contributed by atoms with Crippen LogP contribution in [0.1, 0.15) is 52.9 Å². The second kappa shape index (κ2) is 4.69. The van der Waals surface area contributed by atoms with Crippen LogP contribution >= 0.6 is 0 Å². The topological polar surface area (TPSA) is 0 Å². The molecule has 0 saturated carbocycles. The van der Waals surface area contributed by atoms with Gasteiger partial charge in [0, 0.05) is 0 Å². The van der Waals surface area contributed by atoms with E-state index in [1.165, 1.54) is 32.1 Å². The fourth-order valence-corrected chi connectivity index (χ4v) is 1.96. The van der Waals surface area contributed by atoms with Crippen LogP contribution in [0, 0.1) is 11.8 Å². The number of hydrogen-bond donors (Lipinski definition) is 0. The minimum absolute atomic E-state index is 0.880. The Morgan fingerprint density at radius 3 is 2.67 bits per heavy atom. The lowest BCUT2D eigenvalue weighted by atomic mass is 9.81. The predicted molar refractivity (Wildman–Crippen MR) is 54.9 cm³/mol. The highest BCUT2D eigenvalue weighted by Crippen LogP contribution is 2.31. The van der Waals surface area contributed by atoms with Crippen molar-refractivity contribution in [3.05, 3.63) is 17.6 Å². The van der Waals surface area contributed by atoms with Crippen molar-refractivity contribution in [3.63, 3.8) is 0 Å². The minimum Gasteiger partial charge on any atom is -0.0850 e. The summed E-state index contributed by atoms with van der Waals surface area (Å²) in [5, 5.41) is 0. The maximum atomic E-state index is 2.48. The van der Waals surface area contributed by atoms with Gasteiger partial charge in [0.25, 0.3) is 0 Å². The van der Waals surface area contributed by atoms with Crippen LogP contribution in [0.5, 0.6) is 0 Å². The van der Waals surface area contributed by atoms with Gasteiger partial charge in [-0.15, -0.1) is 0 Å². The van der Waals surface area contributed by atoms with E-state index in [0.717, 1.165) is 5.92 Å². The second-order valence-corrected chi connectivity index (χ2v) is 4.16. The average Bonchev–Trinajstić information content (AvgIpc) is 2.06. The molecule has 0 aliphatic heterocycles. The highest BCUT2D eigenvalue weighted by Gasteiger charge is 2.16. The zero-order chi connectivity index (χ0) is 8.97. The third-order valence-corrected chi connectivity index (χ3v) is 2.89. The van der Waals surface area contributed by atoms with E-state index in [0.29, 0.717) is 0 Å². The maximum absolute atomic E-state index is 2.48. The summed E-state index contributed by atoms with van der Waals surface area (Å²) in [6.45, 7) is 6.80. The zero-order valence-corrected chi connectivity index (χ0v) is 8.69. The van der Waals surface area contributed by atoms with Gasteiger partial charge >= 0.3 is 0 Å². The van der Waals surface area contributed by atoms with Crippen LogP contribution in [-0.4, -0.2) is 0 Å². The van der Waals surface area contributed by atoms with Gasteiger partial charge in [-0.05, 0) is 37.5 Å². The third kappa shape index (κ3) is 2.66. The molecule has 0 bridgehead atoms. The molecule has 1 rings (SSSR count). The van der Waals surface area contributed by atoms with Gasteiger partial charge in [-0.3, -0.25) is 0 Å². The summed E-state index contributed by atoms with van der Waals surface area (Å²) in [6, 6.07) is 0. The molecular weight excluding hydrogens is 144 g/mol. The van der Waals surface area contributed by atoms with Crippen LogP contribution in [0.4, 0.5) is 0 Å². The Morgan fingerprint density at radius 1 is 1.50 bits per heavy atom. The first kappa shape index (κ1) is 9.83. The van der Waals surface area contributed by atoms with Gasteiger partial charge < -0.3 is 0 Å². The fraction of sp³-hybridized carbons (Fsp3) is 0.750. The Bertz CT molecular complexity index is 153. The molecule has 0 spiro atoms. The molecule has 0 aromatic rings. The van der Waals surface area contributed by atoms with Crippen LogP contribution < -0.4 is 0 Å². The molecule has 1 unspecified atom stereocenters. The van der Waals surface area contributed by atoms with E-state index in [1.807, 2.05) is 0 Å². The summed E-state index contributed by atoms with van der Waals surface area (Å²) >= 11 is 0. The Kier molecular flexibility index (Phi) is 3.84. The summed E-state index contributed by atoms with van der Waals surface area (Å²) in [5.41, 5.74) is 1.70. The summed E-state index contributed by atoms with van der Waals surface area (Å²) in [7, 11) is 0. The lowest BCUT2D eigenvalue weighted by molar-refractivity contribution is 0.481. The maximum Gasteiger partial charge on any atom is -0.0269 e. The molecule has 0 N–H and O–H groups in total. The van der Waals surface area contributed by atoms with Gasteiger partial charge in [0.15, 0.2) is 0 Å². The zero-order valence-electron chi connectivity index (χ0n) is 8.69. The molecule has 1 aliphatic rings. The van der Waals surface area contributed by atoms with Gasteiger partial charge in [-0.1, -0.05) is 38.8 Å². The number of hydrogen-bond acceptors (Lipinski definition) is 0. The molecule has 1 atom stereocenters. The molecule has 0 aromatic heterocycles. The van der Waals surface area contributed by atoms with E-state index in [9.17, 15) is 0 Å². The van der Waals surface area contributed by atoms with Crippen molar-refractivity contribution < 1.29 is 0 Å². The molecule has 0 saturated heterocycles. The van der Waals surface area contributed by atoms with Crippen molar-refractivity contribution in [2.24, 2.45) is 5.92 Å². The first-order chi connectivity index (χ1) is 5.74. The van der Waals surface area contributed by atoms with E-state index < -0.39 is 0 Å². The van der Waals surface area contributed by atoms with E-state index in [-0.39, 0.29) is 0 Å². The highest BCUT2D eigenvalue weighted by molar-refractivity contribution is 5.09. The molecule has 0 fully saturated rings. The Hall–Kier alpha value is -0.260. The van der Waals surface area contributed by atoms with Gasteiger partial charge in [-0.2, -0.15) is 0 Å². The van der Waals surface area contributed by atoms with E-state index in [4.69, 9.17) is 0 Å². The summed E-state index contributed by atoms with van der Waals surface area (Å²) in [6.07, 6.45) is 9.17. The van der Waals surface area contributed by atoms with Crippen LogP contribution in [-0.2, 0) is 0 Å². The van der Waals surface area contributed by atoms with Crippen molar-refractivity contribution >= 4 is 0 Å². The van der Waals surface area contributed by atoms with Crippen molar-refractivity contribution in [2.45, 2.75) is 52.9 Å². The molecule has 12 heavy (non-hydrogen) atoms. The van der Waals surface area contributed by atoms with Crippen LogP contribution in [0.15, 0.2) is 11.6 Å². The fourth-order valence-electron chi connectivity index (χ4n) is 1.96. The lowest BCUT2D eigenvalue weighted by Gasteiger charge is -2.24. The monoisotopic (exact) mass is 165 g/mol. The predicted octanol–water partition coefficient (Wildman–Crippen LogP) is 4.13. The van der Waals surface area contributed by atoms with Gasteiger partial charge in [0.1, 0.15) is 0 Å². The van der Waals surface area contributed by atoms with Gasteiger partial charge in [-0.25, -0.2) is 0 Å². The standard InChI is InChI=1S/C12H21/c1-4-5-11-6-8-12(9-7-11)10(2)3/h6,12H,4-5,7-9H2,1-3H3. The average molecular weight is 165 g/mol. The lowest BCUT2D eigenvalue weighted by Crippen LogP contribution is -2.10. The molecular formula is C12H21. The number of allylic oxidation sites excluding steroid dienone is 2. The van der Waals surface area contributed by atoms with Gasteiger partial charge in [0.05, 0.1) is 0 Å². The molecule has 0 heteroatoms. The minimum atomic E-state index is 0.880. The Labute approximate surface area is 77.1 Å². The summed E-state index contributed by atoms with van der Waals surface area (Å²) in [4.78, 5) is 0. The molecule has 0 heterocycles. The molecule has 1 aliphatic carbocycles. The second-order valence-electron chi connectivity index (χ2n) is 4.16. The SMILES string of the molecule is CCCC1=CCC([C](C)C)CC1. The van der Waals surface area contributed by atoms with E-state index in [2.05, 4.69) is 26.8 Å². The largest absolute Gasteiger partial charge is 0.0850 e. The van der Waals surface area contributed by atoms with Gasteiger partial charge in [0.2, 0.25) is 0 Å². The summed E-state index contributed by atoms with van der Waals surface area (Å²) < 4.78 is 0. The highest BCUT2D eigenvalue weighted by atomic mass is 14.2. The van der Waals surface area contributed by atoms with E-state index >= 15 is 0 Å². The first-order valence-corrected chi connectivity index (χ1v) is 5.22. The van der Waals surface area contributed by atoms with Crippen molar-refractivity contribution in [1.82, 2.24) is 0 Å². The van der Waals surface area contributed by atoms with Crippen molar-refractivity contribution in [1.29, 1.82) is 0 Å². The van der Waals surface area contributed by atoms with Crippen molar-refractivity contribution in [2.75, 3.05) is 0 Å². The third-order valence-electron chi connectivity index (χ3n) is 2.89. The quantitative estimate of drug-likeness (QED) is 0.552. The smallest absolute Gasteiger partial charge is 0.0269 e. The molecule has 0 nitrogen and oxygen atoms in total. The van der Waals surface area contributed by atoms with Crippen LogP contribution in [0.25, 0.3) is 0 Å². The number of rotatable bonds is 3. The normalized spacial score (nSPS) is 24.3. The molecule has 1 radical (unpaired) electrons. The summed E-state index contributed by atoms with van der Waals surface area (Å²) in [5.74, 6) is 2.49. The van der Waals surface area contributed by atoms with Crippen LogP contribution in [0.2, 0.25) is 0 Å². The van der Waals surface area contributed by atoms with Crippen molar-refractivity contribution in [3.8, 4) is 0 Å². The van der Waals surface area contributed by atoms with E-state index in [1.54, 1.807) is 11.5 Å². The Balaban J connectivity index is 2.36. The Morgan fingerprint density at radius 2 is 2.25 bits per heavy atom. The van der Waals surface area contributed by atoms with Crippen LogP contribution in [0.3, 0.4) is 0 Å². The first-order valence-electron chi connectivity index (χ1n) is 5.22. The molecule has 0 amide bonds. The molecule has 0 aromatic carbocycles. The molecule has 69 valence electrons.